The van der Waals surface area contributed by atoms with Crippen LogP contribution in [-0.2, 0) is 6.42 Å². The van der Waals surface area contributed by atoms with E-state index in [2.05, 4.69) is 22.3 Å². The van der Waals surface area contributed by atoms with Crippen molar-refractivity contribution >= 4 is 16.7 Å². The van der Waals surface area contributed by atoms with Crippen LogP contribution in [-0.4, -0.2) is 22.9 Å². The lowest BCUT2D eigenvalue weighted by molar-refractivity contribution is 0.0851. The van der Waals surface area contributed by atoms with Crippen LogP contribution in [0.1, 0.15) is 12.0 Å². The Balaban J connectivity index is 1.45. The van der Waals surface area contributed by atoms with Gasteiger partial charge in [-0.05, 0) is 42.7 Å². The van der Waals surface area contributed by atoms with Crippen LogP contribution in [0.15, 0.2) is 42.5 Å². The molecule has 0 spiro atoms. The van der Waals surface area contributed by atoms with E-state index in [1.54, 1.807) is 0 Å². The molecule has 0 saturated carbocycles. The smallest absolute Gasteiger partial charge is 0.161 e. The standard InChI is InChI=1S/C17H17N3O2/c18-17-13-9-11(6-8-14(13)19-20-17)5-7-12-10-21-15-3-1-2-4-16(15)22-12/h1-4,6,8-9,12H,5,7,10H2,(H3,18,19,20). The van der Waals surface area contributed by atoms with Crippen LogP contribution in [0.5, 0.6) is 11.5 Å². The van der Waals surface area contributed by atoms with E-state index < -0.39 is 0 Å². The molecule has 0 saturated heterocycles. The van der Waals surface area contributed by atoms with E-state index >= 15 is 0 Å². The van der Waals surface area contributed by atoms with Gasteiger partial charge in [-0.2, -0.15) is 5.10 Å². The van der Waals surface area contributed by atoms with Crippen molar-refractivity contribution < 1.29 is 9.47 Å². The number of rotatable bonds is 3. The van der Waals surface area contributed by atoms with Gasteiger partial charge in [-0.3, -0.25) is 5.10 Å². The fourth-order valence-electron chi connectivity index (χ4n) is 2.77. The van der Waals surface area contributed by atoms with Gasteiger partial charge >= 0.3 is 0 Å². The minimum absolute atomic E-state index is 0.0762. The highest BCUT2D eigenvalue weighted by Crippen LogP contribution is 2.32. The Hall–Kier alpha value is -2.69. The molecule has 1 unspecified atom stereocenters. The van der Waals surface area contributed by atoms with Gasteiger partial charge < -0.3 is 15.2 Å². The quantitative estimate of drug-likeness (QED) is 0.779. The Bertz CT molecular complexity index is 813. The molecule has 0 fully saturated rings. The third-order valence-electron chi connectivity index (χ3n) is 3.98. The molecule has 0 radical (unpaired) electrons. The van der Waals surface area contributed by atoms with Gasteiger partial charge in [0.1, 0.15) is 12.7 Å². The number of para-hydroxylation sites is 2. The summed E-state index contributed by atoms with van der Waals surface area (Å²) in [5, 5.41) is 7.91. The number of nitrogens with zero attached hydrogens (tertiary/aromatic N) is 1. The van der Waals surface area contributed by atoms with E-state index in [0.717, 1.165) is 35.2 Å². The summed E-state index contributed by atoms with van der Waals surface area (Å²) in [5.74, 6) is 2.20. The van der Waals surface area contributed by atoms with Crippen LogP contribution in [0, 0.1) is 0 Å². The molecule has 4 rings (SSSR count). The molecule has 0 aliphatic carbocycles. The molecule has 5 nitrogen and oxygen atoms in total. The summed E-state index contributed by atoms with van der Waals surface area (Å²) in [7, 11) is 0. The number of aromatic nitrogens is 2. The summed E-state index contributed by atoms with van der Waals surface area (Å²) in [4.78, 5) is 0. The molecule has 1 aliphatic heterocycles. The Morgan fingerprint density at radius 2 is 2.05 bits per heavy atom. The van der Waals surface area contributed by atoms with Crippen molar-refractivity contribution in [3.8, 4) is 11.5 Å². The molecule has 1 aromatic heterocycles. The zero-order valence-corrected chi connectivity index (χ0v) is 12.1. The highest BCUT2D eigenvalue weighted by molar-refractivity contribution is 5.88. The van der Waals surface area contributed by atoms with E-state index in [1.807, 2.05) is 30.3 Å². The van der Waals surface area contributed by atoms with Gasteiger partial charge in [0.05, 0.1) is 5.52 Å². The zero-order chi connectivity index (χ0) is 14.9. The second kappa shape index (κ2) is 5.26. The molecule has 0 bridgehead atoms. The van der Waals surface area contributed by atoms with Crippen molar-refractivity contribution in [3.05, 3.63) is 48.0 Å². The monoisotopic (exact) mass is 295 g/mol. The molecule has 3 aromatic rings. The molecule has 22 heavy (non-hydrogen) atoms. The summed E-state index contributed by atoms with van der Waals surface area (Å²) in [6.07, 6.45) is 1.89. The topological polar surface area (TPSA) is 73.2 Å². The van der Waals surface area contributed by atoms with E-state index in [9.17, 15) is 0 Å². The summed E-state index contributed by atoms with van der Waals surface area (Å²) in [6.45, 7) is 0.590. The predicted octanol–water partition coefficient (Wildman–Crippen LogP) is 2.92. The molecule has 0 amide bonds. The van der Waals surface area contributed by atoms with Gasteiger partial charge in [0.25, 0.3) is 0 Å². The second-order valence-electron chi connectivity index (χ2n) is 5.53. The van der Waals surface area contributed by atoms with Crippen molar-refractivity contribution in [2.24, 2.45) is 0 Å². The lowest BCUT2D eigenvalue weighted by Crippen LogP contribution is -2.29. The number of fused-ring (bicyclic) bond motifs is 2. The number of anilines is 1. The Kier molecular flexibility index (Phi) is 3.11. The fraction of sp³-hybridized carbons (Fsp3) is 0.235. The van der Waals surface area contributed by atoms with Crippen LogP contribution >= 0.6 is 0 Å². The predicted molar refractivity (Wildman–Crippen MR) is 85.2 cm³/mol. The SMILES string of the molecule is Nc1n[nH]c2ccc(CCC3COc4ccccc4O3)cc12. The summed E-state index contributed by atoms with van der Waals surface area (Å²) < 4.78 is 11.7. The van der Waals surface area contributed by atoms with Crippen molar-refractivity contribution in [1.29, 1.82) is 0 Å². The molecule has 1 aliphatic rings. The van der Waals surface area contributed by atoms with Crippen molar-refractivity contribution in [2.45, 2.75) is 18.9 Å². The Morgan fingerprint density at radius 3 is 2.95 bits per heavy atom. The molecule has 112 valence electrons. The molecular weight excluding hydrogens is 278 g/mol. The number of nitrogens with two attached hydrogens (primary N) is 1. The first-order chi connectivity index (χ1) is 10.8. The maximum absolute atomic E-state index is 5.98. The van der Waals surface area contributed by atoms with Gasteiger partial charge in [-0.1, -0.05) is 18.2 Å². The number of benzene rings is 2. The van der Waals surface area contributed by atoms with Crippen molar-refractivity contribution in [1.82, 2.24) is 10.2 Å². The lowest BCUT2D eigenvalue weighted by atomic mass is 10.0. The van der Waals surface area contributed by atoms with E-state index in [-0.39, 0.29) is 6.10 Å². The minimum Gasteiger partial charge on any atom is -0.486 e. The van der Waals surface area contributed by atoms with E-state index in [1.165, 1.54) is 5.56 Å². The Morgan fingerprint density at radius 1 is 1.18 bits per heavy atom. The van der Waals surface area contributed by atoms with Crippen LogP contribution < -0.4 is 15.2 Å². The molecule has 2 aromatic carbocycles. The largest absolute Gasteiger partial charge is 0.486 e. The fourth-order valence-corrected chi connectivity index (χ4v) is 2.77. The number of nitrogen functional groups attached to an aromatic ring is 1. The number of aryl methyl sites for hydroxylation is 1. The lowest BCUT2D eigenvalue weighted by Gasteiger charge is -2.26. The van der Waals surface area contributed by atoms with Crippen LogP contribution in [0.3, 0.4) is 0 Å². The summed E-state index contributed by atoms with van der Waals surface area (Å²) >= 11 is 0. The normalized spacial score (nSPS) is 16.8. The van der Waals surface area contributed by atoms with Gasteiger partial charge in [0.2, 0.25) is 0 Å². The average Bonchev–Trinajstić information content (AvgIpc) is 2.93. The molecule has 3 N–H and O–H groups in total. The maximum atomic E-state index is 5.98. The van der Waals surface area contributed by atoms with Gasteiger partial charge in [-0.15, -0.1) is 0 Å². The highest BCUT2D eigenvalue weighted by Gasteiger charge is 2.20. The van der Waals surface area contributed by atoms with Gasteiger partial charge in [0.15, 0.2) is 17.3 Å². The first kappa shape index (κ1) is 13.0. The summed E-state index contributed by atoms with van der Waals surface area (Å²) in [5.41, 5.74) is 8.04. The van der Waals surface area contributed by atoms with Crippen LogP contribution in [0.25, 0.3) is 10.9 Å². The first-order valence-electron chi connectivity index (χ1n) is 7.40. The van der Waals surface area contributed by atoms with Gasteiger partial charge in [0, 0.05) is 5.39 Å². The molecule has 5 heteroatoms. The van der Waals surface area contributed by atoms with E-state index in [4.69, 9.17) is 15.2 Å². The third kappa shape index (κ3) is 2.35. The van der Waals surface area contributed by atoms with E-state index in [0.29, 0.717) is 12.4 Å². The maximum Gasteiger partial charge on any atom is 0.161 e. The Labute approximate surface area is 128 Å². The highest BCUT2D eigenvalue weighted by atomic mass is 16.6. The number of aromatic amines is 1. The minimum atomic E-state index is 0.0762. The number of hydrogen-bond acceptors (Lipinski definition) is 4. The summed E-state index contributed by atoms with van der Waals surface area (Å²) in [6, 6.07) is 14.0. The van der Waals surface area contributed by atoms with Crippen LogP contribution in [0.4, 0.5) is 5.82 Å². The molecular formula is C17H17N3O2. The number of nitrogens with one attached hydrogen (secondary N) is 1. The number of hydrogen-bond donors (Lipinski definition) is 2. The first-order valence-corrected chi connectivity index (χ1v) is 7.40. The van der Waals surface area contributed by atoms with Crippen LogP contribution in [0.2, 0.25) is 0 Å². The second-order valence-corrected chi connectivity index (χ2v) is 5.53. The number of H-pyrrole nitrogens is 1. The molecule has 1 atom stereocenters. The molecule has 2 heterocycles. The van der Waals surface area contributed by atoms with Crippen molar-refractivity contribution in [2.75, 3.05) is 12.3 Å². The van der Waals surface area contributed by atoms with Gasteiger partial charge in [-0.25, -0.2) is 0 Å². The zero-order valence-electron chi connectivity index (χ0n) is 12.1. The number of ether oxygens (including phenoxy) is 2. The van der Waals surface area contributed by atoms with Crippen molar-refractivity contribution in [3.63, 3.8) is 0 Å². The average molecular weight is 295 g/mol. The third-order valence-corrected chi connectivity index (χ3v) is 3.98.